The van der Waals surface area contributed by atoms with Crippen LogP contribution in [0.25, 0.3) is 0 Å². The predicted octanol–water partition coefficient (Wildman–Crippen LogP) is 0.668. The van der Waals surface area contributed by atoms with Crippen molar-refractivity contribution < 1.29 is 0 Å². The largest absolute Gasteiger partial charge is 0.317 e. The summed E-state index contributed by atoms with van der Waals surface area (Å²) in [5.74, 6) is 0. The van der Waals surface area contributed by atoms with Gasteiger partial charge >= 0.3 is 0 Å². The lowest BCUT2D eigenvalue weighted by Crippen LogP contribution is -2.40. The first kappa shape index (κ1) is 12.0. The Balaban J connectivity index is 2.04. The first-order valence-corrected chi connectivity index (χ1v) is 5.77. The molecule has 0 atom stereocenters. The average Bonchev–Trinajstić information content (AvgIpc) is 2.18. The fourth-order valence-electron chi connectivity index (χ4n) is 2.08. The third-order valence-corrected chi connectivity index (χ3v) is 3.13. The van der Waals surface area contributed by atoms with Gasteiger partial charge in [0.1, 0.15) is 0 Å². The summed E-state index contributed by atoms with van der Waals surface area (Å²) < 4.78 is 0. The molecule has 0 aliphatic heterocycles. The summed E-state index contributed by atoms with van der Waals surface area (Å²) in [7, 11) is 6.32. The van der Waals surface area contributed by atoms with Crippen LogP contribution >= 0.6 is 0 Å². The Bertz CT molecular complexity index is 139. The Morgan fingerprint density at radius 1 is 1.07 bits per heavy atom. The molecule has 0 unspecified atom stereocenters. The van der Waals surface area contributed by atoms with Crippen LogP contribution in [0.2, 0.25) is 0 Å². The monoisotopic (exact) mass is 199 g/mol. The van der Waals surface area contributed by atoms with Crippen molar-refractivity contribution in [2.24, 2.45) is 0 Å². The lowest BCUT2D eigenvalue weighted by atomic mass is 9.91. The molecule has 1 fully saturated rings. The highest BCUT2D eigenvalue weighted by Crippen LogP contribution is 2.17. The Hall–Kier alpha value is -0.120. The lowest BCUT2D eigenvalue weighted by Gasteiger charge is -2.29. The van der Waals surface area contributed by atoms with Gasteiger partial charge in [0.15, 0.2) is 0 Å². The topological polar surface area (TPSA) is 27.3 Å². The first-order valence-electron chi connectivity index (χ1n) is 5.77. The second kappa shape index (κ2) is 6.38. The smallest absolute Gasteiger partial charge is 0.0101 e. The van der Waals surface area contributed by atoms with E-state index in [-0.39, 0.29) is 0 Å². The Morgan fingerprint density at radius 3 is 2.14 bits per heavy atom. The van der Waals surface area contributed by atoms with Gasteiger partial charge in [-0.15, -0.1) is 0 Å². The first-order chi connectivity index (χ1) is 6.72. The SMILES string of the molecule is CNC1CCC(NCCN(C)C)CC1. The van der Waals surface area contributed by atoms with Crippen molar-refractivity contribution >= 4 is 0 Å². The van der Waals surface area contributed by atoms with Gasteiger partial charge in [0.05, 0.1) is 0 Å². The molecule has 0 aromatic carbocycles. The summed E-state index contributed by atoms with van der Waals surface area (Å²) >= 11 is 0. The summed E-state index contributed by atoms with van der Waals surface area (Å²) in [6.07, 6.45) is 5.32. The van der Waals surface area contributed by atoms with E-state index in [9.17, 15) is 0 Å². The van der Waals surface area contributed by atoms with Gasteiger partial charge in [0.25, 0.3) is 0 Å². The number of nitrogens with zero attached hydrogens (tertiary/aromatic N) is 1. The van der Waals surface area contributed by atoms with Gasteiger partial charge in [0, 0.05) is 25.2 Å². The molecule has 1 rings (SSSR count). The highest BCUT2D eigenvalue weighted by Gasteiger charge is 2.18. The molecule has 1 saturated carbocycles. The van der Waals surface area contributed by atoms with E-state index in [4.69, 9.17) is 0 Å². The molecule has 0 saturated heterocycles. The van der Waals surface area contributed by atoms with E-state index in [2.05, 4.69) is 36.7 Å². The third-order valence-electron chi connectivity index (χ3n) is 3.13. The van der Waals surface area contributed by atoms with Crippen molar-refractivity contribution in [2.45, 2.75) is 37.8 Å². The Labute approximate surface area is 88.2 Å². The zero-order valence-corrected chi connectivity index (χ0v) is 9.84. The third kappa shape index (κ3) is 4.40. The van der Waals surface area contributed by atoms with Gasteiger partial charge < -0.3 is 15.5 Å². The fourth-order valence-corrected chi connectivity index (χ4v) is 2.08. The number of hydrogen-bond acceptors (Lipinski definition) is 3. The van der Waals surface area contributed by atoms with Crippen LogP contribution in [0.5, 0.6) is 0 Å². The summed E-state index contributed by atoms with van der Waals surface area (Å²) in [6.45, 7) is 2.27. The van der Waals surface area contributed by atoms with Crippen molar-refractivity contribution in [2.75, 3.05) is 34.2 Å². The molecule has 0 spiro atoms. The van der Waals surface area contributed by atoms with Gasteiger partial charge in [-0.3, -0.25) is 0 Å². The number of nitrogens with one attached hydrogen (secondary N) is 2. The van der Waals surface area contributed by atoms with Crippen molar-refractivity contribution in [3.8, 4) is 0 Å². The lowest BCUT2D eigenvalue weighted by molar-refractivity contribution is 0.304. The van der Waals surface area contributed by atoms with Crippen LogP contribution in [0.15, 0.2) is 0 Å². The zero-order valence-electron chi connectivity index (χ0n) is 9.84. The van der Waals surface area contributed by atoms with E-state index in [1.165, 1.54) is 25.7 Å². The highest BCUT2D eigenvalue weighted by atomic mass is 15.1. The predicted molar refractivity (Wildman–Crippen MR) is 61.7 cm³/mol. The molecule has 3 nitrogen and oxygen atoms in total. The van der Waals surface area contributed by atoms with Crippen LogP contribution in [0.4, 0.5) is 0 Å². The molecule has 0 heterocycles. The summed E-state index contributed by atoms with van der Waals surface area (Å²) in [4.78, 5) is 2.23. The minimum Gasteiger partial charge on any atom is -0.317 e. The summed E-state index contributed by atoms with van der Waals surface area (Å²) in [5.41, 5.74) is 0. The van der Waals surface area contributed by atoms with E-state index in [0.29, 0.717) is 0 Å². The molecule has 0 radical (unpaired) electrons. The quantitative estimate of drug-likeness (QED) is 0.681. The molecule has 1 aliphatic rings. The standard InChI is InChI=1S/C11H25N3/c1-12-10-4-6-11(7-5-10)13-8-9-14(2)3/h10-13H,4-9H2,1-3H3. The molecule has 0 bridgehead atoms. The normalized spacial score (nSPS) is 28.3. The number of rotatable bonds is 5. The molecular weight excluding hydrogens is 174 g/mol. The van der Waals surface area contributed by atoms with Crippen LogP contribution in [0.1, 0.15) is 25.7 Å². The van der Waals surface area contributed by atoms with E-state index >= 15 is 0 Å². The van der Waals surface area contributed by atoms with Crippen molar-refractivity contribution in [3.63, 3.8) is 0 Å². The number of hydrogen-bond donors (Lipinski definition) is 2. The molecule has 2 N–H and O–H groups in total. The second-order valence-electron chi connectivity index (χ2n) is 4.59. The maximum absolute atomic E-state index is 3.63. The van der Waals surface area contributed by atoms with Gasteiger partial charge in [-0.05, 0) is 46.8 Å². The molecule has 0 amide bonds. The minimum absolute atomic E-state index is 0.763. The van der Waals surface area contributed by atoms with Gasteiger partial charge in [0.2, 0.25) is 0 Å². The molecule has 14 heavy (non-hydrogen) atoms. The fraction of sp³-hybridized carbons (Fsp3) is 1.00. The average molecular weight is 199 g/mol. The molecule has 3 heteroatoms. The molecule has 0 aromatic rings. The van der Waals surface area contributed by atoms with E-state index in [1.807, 2.05) is 0 Å². The van der Waals surface area contributed by atoms with E-state index in [1.54, 1.807) is 0 Å². The molecule has 1 aliphatic carbocycles. The second-order valence-corrected chi connectivity index (χ2v) is 4.59. The molecular formula is C11H25N3. The summed E-state index contributed by atoms with van der Waals surface area (Å²) in [6, 6.07) is 1.53. The van der Waals surface area contributed by atoms with Crippen molar-refractivity contribution in [3.05, 3.63) is 0 Å². The minimum atomic E-state index is 0.763. The Morgan fingerprint density at radius 2 is 1.64 bits per heavy atom. The van der Waals surface area contributed by atoms with Crippen LogP contribution in [-0.4, -0.2) is 51.2 Å². The van der Waals surface area contributed by atoms with E-state index < -0.39 is 0 Å². The van der Waals surface area contributed by atoms with Crippen LogP contribution in [0.3, 0.4) is 0 Å². The van der Waals surface area contributed by atoms with Crippen LogP contribution < -0.4 is 10.6 Å². The maximum Gasteiger partial charge on any atom is 0.0101 e. The van der Waals surface area contributed by atoms with Gasteiger partial charge in [-0.25, -0.2) is 0 Å². The summed E-state index contributed by atoms with van der Waals surface area (Å²) in [5, 5.41) is 6.99. The zero-order chi connectivity index (χ0) is 10.4. The van der Waals surface area contributed by atoms with Crippen molar-refractivity contribution in [1.29, 1.82) is 0 Å². The molecule has 0 aromatic heterocycles. The van der Waals surface area contributed by atoms with Crippen molar-refractivity contribution in [1.82, 2.24) is 15.5 Å². The number of likely N-dealkylation sites (N-methyl/N-ethyl adjacent to an activating group) is 1. The van der Waals surface area contributed by atoms with Crippen LogP contribution in [-0.2, 0) is 0 Å². The Kier molecular flexibility index (Phi) is 5.45. The maximum atomic E-state index is 3.63. The highest BCUT2D eigenvalue weighted by molar-refractivity contribution is 4.80. The van der Waals surface area contributed by atoms with Crippen LogP contribution in [0, 0.1) is 0 Å². The molecule has 84 valence electrons. The van der Waals surface area contributed by atoms with Gasteiger partial charge in [-0.1, -0.05) is 0 Å². The van der Waals surface area contributed by atoms with E-state index in [0.717, 1.165) is 25.2 Å². The van der Waals surface area contributed by atoms with Gasteiger partial charge in [-0.2, -0.15) is 0 Å².